The fraction of sp³-hybridized carbons (Fsp3) is 0.364. The molecule has 0 saturated carbocycles. The third-order valence-corrected chi connectivity index (χ3v) is 7.15. The fourth-order valence-corrected chi connectivity index (χ4v) is 4.59. The van der Waals surface area contributed by atoms with Gasteiger partial charge in [-0.2, -0.15) is 4.72 Å². The molecule has 9 heteroatoms. The molecule has 0 unspecified atom stereocenters. The highest BCUT2D eigenvalue weighted by atomic mass is 32.2. The molecule has 0 saturated heterocycles. The van der Waals surface area contributed by atoms with E-state index in [0.717, 1.165) is 11.1 Å². The van der Waals surface area contributed by atoms with Gasteiger partial charge in [0.15, 0.2) is 5.58 Å². The molecule has 0 fully saturated rings. The zero-order valence-electron chi connectivity index (χ0n) is 18.2. The average molecular weight is 446 g/mol. The molecule has 0 radical (unpaired) electrons. The first-order valence-corrected chi connectivity index (χ1v) is 11.5. The summed E-state index contributed by atoms with van der Waals surface area (Å²) in [6.07, 6.45) is 0.600. The molecule has 1 amide bonds. The molecule has 0 aliphatic carbocycles. The number of fused-ring (bicyclic) bond motifs is 1. The molecule has 0 aliphatic heterocycles. The van der Waals surface area contributed by atoms with Gasteiger partial charge in [0.05, 0.1) is 10.4 Å². The monoisotopic (exact) mass is 445 g/mol. The van der Waals surface area contributed by atoms with Gasteiger partial charge in [-0.1, -0.05) is 32.4 Å². The number of sulfonamides is 1. The van der Waals surface area contributed by atoms with Crippen molar-refractivity contribution in [1.82, 2.24) is 9.29 Å². The highest BCUT2D eigenvalue weighted by molar-refractivity contribution is 7.89. The van der Waals surface area contributed by atoms with Crippen molar-refractivity contribution in [3.63, 3.8) is 0 Å². The summed E-state index contributed by atoms with van der Waals surface area (Å²) in [7, 11) is -2.54. The van der Waals surface area contributed by atoms with Crippen molar-refractivity contribution in [2.75, 3.05) is 5.32 Å². The number of benzene rings is 2. The minimum Gasteiger partial charge on any atom is -0.408 e. The van der Waals surface area contributed by atoms with Crippen LogP contribution in [0.5, 0.6) is 0 Å². The topological polar surface area (TPSA) is 110 Å². The summed E-state index contributed by atoms with van der Waals surface area (Å²) in [5.41, 5.74) is 3.24. The van der Waals surface area contributed by atoms with E-state index in [1.807, 2.05) is 39.8 Å². The van der Waals surface area contributed by atoms with Crippen LogP contribution in [0.4, 0.5) is 5.69 Å². The maximum absolute atomic E-state index is 13.1. The van der Waals surface area contributed by atoms with Crippen molar-refractivity contribution in [3.8, 4) is 0 Å². The minimum atomic E-state index is -4.04. The molecule has 2 atom stereocenters. The van der Waals surface area contributed by atoms with Crippen molar-refractivity contribution < 1.29 is 17.6 Å². The second-order valence-electron chi connectivity index (χ2n) is 7.78. The standard InChI is InChI=1S/C22H27N3O5S/c1-6-13(2)20(21(26)23-17-9-7-8-14(3)15(17)4)24-31(28,29)16-10-11-19-18(12-16)25(5)22(27)30-19/h7-13,20,24H,6H2,1-5H3,(H,23,26)/t13-,20-/m0/s1. The number of nitrogens with one attached hydrogen (secondary N) is 2. The van der Waals surface area contributed by atoms with Crippen LogP contribution in [0.1, 0.15) is 31.4 Å². The zero-order valence-corrected chi connectivity index (χ0v) is 19.0. The minimum absolute atomic E-state index is 0.0516. The predicted octanol–water partition coefficient (Wildman–Crippen LogP) is 3.08. The predicted molar refractivity (Wildman–Crippen MR) is 120 cm³/mol. The van der Waals surface area contributed by atoms with Crippen LogP contribution in [-0.2, 0) is 21.9 Å². The van der Waals surface area contributed by atoms with Gasteiger partial charge < -0.3 is 9.73 Å². The quantitative estimate of drug-likeness (QED) is 0.581. The SMILES string of the molecule is CC[C@H](C)[C@H](NS(=O)(=O)c1ccc2oc(=O)n(C)c2c1)C(=O)Nc1cccc(C)c1C. The van der Waals surface area contributed by atoms with Crippen LogP contribution in [0.3, 0.4) is 0 Å². The Balaban J connectivity index is 1.92. The van der Waals surface area contributed by atoms with Crippen LogP contribution in [0.15, 0.2) is 50.5 Å². The Morgan fingerprint density at radius 3 is 2.58 bits per heavy atom. The molecule has 166 valence electrons. The summed E-state index contributed by atoms with van der Waals surface area (Å²) in [6.45, 7) is 7.56. The summed E-state index contributed by atoms with van der Waals surface area (Å²) in [4.78, 5) is 24.7. The first kappa shape index (κ1) is 22.8. The van der Waals surface area contributed by atoms with Gasteiger partial charge in [-0.15, -0.1) is 0 Å². The Labute approximate surface area is 181 Å². The Morgan fingerprint density at radius 1 is 1.19 bits per heavy atom. The van der Waals surface area contributed by atoms with Gasteiger partial charge >= 0.3 is 5.76 Å². The highest BCUT2D eigenvalue weighted by Crippen LogP contribution is 2.22. The lowest BCUT2D eigenvalue weighted by Gasteiger charge is -2.24. The summed E-state index contributed by atoms with van der Waals surface area (Å²) < 4.78 is 35.0. The number of aryl methyl sites for hydroxylation is 2. The largest absolute Gasteiger partial charge is 0.419 e. The Morgan fingerprint density at radius 2 is 1.90 bits per heavy atom. The Kier molecular flexibility index (Phi) is 6.38. The summed E-state index contributed by atoms with van der Waals surface area (Å²) in [5.74, 6) is -1.26. The number of oxazole rings is 1. The second-order valence-corrected chi connectivity index (χ2v) is 9.49. The third-order valence-electron chi connectivity index (χ3n) is 5.71. The first-order chi connectivity index (χ1) is 14.5. The van der Waals surface area contributed by atoms with E-state index in [2.05, 4.69) is 10.0 Å². The molecule has 31 heavy (non-hydrogen) atoms. The molecule has 1 heterocycles. The molecular formula is C22H27N3O5S. The number of aromatic nitrogens is 1. The second kappa shape index (κ2) is 8.68. The number of carbonyl (C=O) groups is 1. The molecule has 3 rings (SSSR count). The van der Waals surface area contributed by atoms with Gasteiger partial charge in [-0.05, 0) is 55.2 Å². The first-order valence-electron chi connectivity index (χ1n) is 10.0. The number of rotatable bonds is 7. The molecule has 0 bridgehead atoms. The maximum atomic E-state index is 13.1. The van der Waals surface area contributed by atoms with Crippen molar-refractivity contribution >= 4 is 32.7 Å². The normalized spacial score (nSPS) is 13.8. The molecule has 2 aromatic carbocycles. The number of carbonyl (C=O) groups excluding carboxylic acids is 1. The van der Waals surface area contributed by atoms with Gasteiger partial charge in [0.2, 0.25) is 15.9 Å². The number of anilines is 1. The van der Waals surface area contributed by atoms with Crippen LogP contribution in [0, 0.1) is 19.8 Å². The van der Waals surface area contributed by atoms with E-state index in [1.165, 1.54) is 29.8 Å². The number of hydrogen-bond acceptors (Lipinski definition) is 5. The van der Waals surface area contributed by atoms with Gasteiger partial charge in [0.25, 0.3) is 0 Å². The Hall–Kier alpha value is -2.91. The van der Waals surface area contributed by atoms with E-state index in [1.54, 1.807) is 6.07 Å². The molecule has 3 aromatic rings. The van der Waals surface area contributed by atoms with E-state index in [0.29, 0.717) is 17.6 Å². The number of nitrogens with zero attached hydrogens (tertiary/aromatic N) is 1. The number of hydrogen-bond donors (Lipinski definition) is 2. The molecule has 8 nitrogen and oxygen atoms in total. The van der Waals surface area contributed by atoms with Crippen molar-refractivity contribution in [1.29, 1.82) is 0 Å². The van der Waals surface area contributed by atoms with Crippen molar-refractivity contribution in [2.24, 2.45) is 13.0 Å². The third kappa shape index (κ3) is 4.57. The summed E-state index contributed by atoms with van der Waals surface area (Å²) in [5, 5.41) is 2.86. The molecule has 0 spiro atoms. The summed E-state index contributed by atoms with van der Waals surface area (Å²) >= 11 is 0. The van der Waals surface area contributed by atoms with Crippen LogP contribution in [0.25, 0.3) is 11.1 Å². The molecule has 0 aliphatic rings. The number of amides is 1. The van der Waals surface area contributed by atoms with E-state index >= 15 is 0 Å². The molecular weight excluding hydrogens is 418 g/mol. The lowest BCUT2D eigenvalue weighted by molar-refractivity contribution is -0.118. The van der Waals surface area contributed by atoms with Crippen LogP contribution in [-0.4, -0.2) is 24.9 Å². The van der Waals surface area contributed by atoms with Gasteiger partial charge in [0.1, 0.15) is 6.04 Å². The highest BCUT2D eigenvalue weighted by Gasteiger charge is 2.30. The van der Waals surface area contributed by atoms with Gasteiger partial charge in [-0.25, -0.2) is 13.2 Å². The van der Waals surface area contributed by atoms with Crippen LogP contribution in [0.2, 0.25) is 0 Å². The molecule has 2 N–H and O–H groups in total. The van der Waals surface area contributed by atoms with Crippen molar-refractivity contribution in [3.05, 3.63) is 58.1 Å². The summed E-state index contributed by atoms with van der Waals surface area (Å²) in [6, 6.07) is 8.74. The average Bonchev–Trinajstić information content (AvgIpc) is 3.02. The molecule has 1 aromatic heterocycles. The van der Waals surface area contributed by atoms with E-state index in [9.17, 15) is 18.0 Å². The van der Waals surface area contributed by atoms with E-state index in [4.69, 9.17) is 4.42 Å². The van der Waals surface area contributed by atoms with E-state index < -0.39 is 27.7 Å². The van der Waals surface area contributed by atoms with Crippen LogP contribution < -0.4 is 15.8 Å². The smallest absolute Gasteiger partial charge is 0.408 e. The lowest BCUT2D eigenvalue weighted by Crippen LogP contribution is -2.47. The zero-order chi connectivity index (χ0) is 22.9. The maximum Gasteiger partial charge on any atom is 0.419 e. The van der Waals surface area contributed by atoms with E-state index in [-0.39, 0.29) is 16.4 Å². The Bertz CT molecular complexity index is 1290. The van der Waals surface area contributed by atoms with Gasteiger partial charge in [-0.3, -0.25) is 9.36 Å². The fourth-order valence-electron chi connectivity index (χ4n) is 3.27. The van der Waals surface area contributed by atoms with Crippen molar-refractivity contribution in [2.45, 2.75) is 45.1 Å². The van der Waals surface area contributed by atoms with Gasteiger partial charge in [0, 0.05) is 12.7 Å². The lowest BCUT2D eigenvalue weighted by atomic mass is 9.99. The van der Waals surface area contributed by atoms with Crippen LogP contribution >= 0.6 is 0 Å².